The van der Waals surface area contributed by atoms with Crippen molar-refractivity contribution >= 4 is 29.7 Å². The number of nitrogens with one attached hydrogen (secondary N) is 1. The van der Waals surface area contributed by atoms with Crippen molar-refractivity contribution in [2.24, 2.45) is 11.8 Å². The molecule has 0 aromatic carbocycles. The highest BCUT2D eigenvalue weighted by Gasteiger charge is 2.51. The topological polar surface area (TPSA) is 161 Å². The molecule has 1 saturated heterocycles. The molecule has 34 heavy (non-hydrogen) atoms. The molecule has 184 valence electrons. The van der Waals surface area contributed by atoms with Crippen LogP contribution in [0.2, 0.25) is 0 Å². The summed E-state index contributed by atoms with van der Waals surface area (Å²) in [5, 5.41) is 0. The minimum absolute atomic E-state index is 0.0452. The van der Waals surface area contributed by atoms with Gasteiger partial charge in [-0.25, -0.2) is 24.7 Å². The van der Waals surface area contributed by atoms with E-state index in [0.717, 1.165) is 16.7 Å². The quantitative estimate of drug-likeness (QED) is 0.323. The van der Waals surface area contributed by atoms with Crippen LogP contribution in [0.5, 0.6) is 0 Å². The van der Waals surface area contributed by atoms with Crippen molar-refractivity contribution in [3.63, 3.8) is 0 Å². The lowest BCUT2D eigenvalue weighted by Crippen LogP contribution is -2.43. The first-order valence-corrected chi connectivity index (χ1v) is 10.5. The van der Waals surface area contributed by atoms with Gasteiger partial charge in [0.1, 0.15) is 12.7 Å². The molecule has 3 rings (SSSR count). The molecular weight excluding hydrogens is 454 g/mol. The van der Waals surface area contributed by atoms with E-state index in [9.17, 15) is 24.0 Å². The molecule has 2 aliphatic heterocycles. The van der Waals surface area contributed by atoms with Gasteiger partial charge in [0.25, 0.3) is 0 Å². The van der Waals surface area contributed by atoms with Crippen molar-refractivity contribution in [2.75, 3.05) is 12.1 Å². The number of ether oxygens (including phenoxy) is 4. The number of hydrogen-bond acceptors (Lipinski definition) is 12. The number of anilines is 1. The Balaban J connectivity index is 1.85. The zero-order valence-electron chi connectivity index (χ0n) is 19.0. The van der Waals surface area contributed by atoms with E-state index >= 15 is 0 Å². The van der Waals surface area contributed by atoms with Gasteiger partial charge >= 0.3 is 29.6 Å². The Morgan fingerprint density at radius 3 is 2.24 bits per heavy atom. The highest BCUT2D eigenvalue weighted by atomic mass is 16.7. The molecule has 0 bridgehead atoms. The van der Waals surface area contributed by atoms with Gasteiger partial charge < -0.3 is 23.8 Å². The van der Waals surface area contributed by atoms with Crippen LogP contribution in [0.1, 0.15) is 33.9 Å². The second kappa shape index (κ2) is 10.5. The van der Waals surface area contributed by atoms with Crippen molar-refractivity contribution in [1.82, 2.24) is 9.55 Å². The lowest BCUT2D eigenvalue weighted by molar-refractivity contribution is -0.165. The van der Waals surface area contributed by atoms with Crippen molar-refractivity contribution in [1.29, 1.82) is 0 Å². The lowest BCUT2D eigenvalue weighted by Gasteiger charge is -2.25. The monoisotopic (exact) mass is 479 g/mol. The molecule has 4 atom stereocenters. The van der Waals surface area contributed by atoms with Gasteiger partial charge in [-0.05, 0) is 0 Å². The summed E-state index contributed by atoms with van der Waals surface area (Å²) in [6.07, 6.45) is -1.62. The Morgan fingerprint density at radius 2 is 1.65 bits per heavy atom. The van der Waals surface area contributed by atoms with E-state index < -0.39 is 65.9 Å². The third-order valence-electron chi connectivity index (χ3n) is 4.84. The van der Waals surface area contributed by atoms with Gasteiger partial charge in [0, 0.05) is 24.4 Å². The number of rotatable bonds is 7. The predicted octanol–water partition coefficient (Wildman–Crippen LogP) is 0.259. The molecule has 0 spiro atoms. The summed E-state index contributed by atoms with van der Waals surface area (Å²) in [5.41, 5.74) is 1.45. The van der Waals surface area contributed by atoms with E-state index in [1.54, 1.807) is 27.7 Å². The Hall–Kier alpha value is -3.74. The fourth-order valence-corrected chi connectivity index (χ4v) is 3.03. The van der Waals surface area contributed by atoms with Crippen LogP contribution in [0, 0.1) is 11.8 Å². The molecule has 0 amide bonds. The molecule has 1 unspecified atom stereocenters. The van der Waals surface area contributed by atoms with E-state index in [1.165, 1.54) is 12.3 Å². The first-order valence-electron chi connectivity index (χ1n) is 10.5. The minimum Gasteiger partial charge on any atom is -0.463 e. The molecule has 0 aliphatic carbocycles. The fraction of sp³-hybridized carbons (Fsp3) is 0.524. The number of nitrogens with zero attached hydrogens (tertiary/aromatic N) is 2. The summed E-state index contributed by atoms with van der Waals surface area (Å²) in [4.78, 5) is 68.9. The summed E-state index contributed by atoms with van der Waals surface area (Å²) in [6, 6.07) is 1.33. The van der Waals surface area contributed by atoms with Crippen LogP contribution in [-0.4, -0.2) is 58.3 Å². The van der Waals surface area contributed by atoms with Gasteiger partial charge in [-0.15, -0.1) is 0 Å². The van der Waals surface area contributed by atoms with Crippen LogP contribution in [-0.2, 0) is 43.0 Å². The van der Waals surface area contributed by atoms with Crippen LogP contribution in [0.25, 0.3) is 0 Å². The SMILES string of the molecule is CC(C)C(=O)OC[C@H]1O[C@@H](n2ccc(NOC(=O)C(C)C)nc2=O)[C@@H]2OC(=O)/C=C\C(=O)OC21. The van der Waals surface area contributed by atoms with E-state index in [0.29, 0.717) is 0 Å². The van der Waals surface area contributed by atoms with Gasteiger partial charge in [0.15, 0.2) is 24.3 Å². The van der Waals surface area contributed by atoms with Crippen molar-refractivity contribution in [3.8, 4) is 0 Å². The molecule has 2 aliphatic rings. The van der Waals surface area contributed by atoms with Crippen LogP contribution < -0.4 is 11.2 Å². The maximum atomic E-state index is 12.7. The third kappa shape index (κ3) is 5.78. The predicted molar refractivity (Wildman–Crippen MR) is 112 cm³/mol. The molecular formula is C21H25N3O10. The van der Waals surface area contributed by atoms with Crippen LogP contribution in [0.4, 0.5) is 5.82 Å². The molecule has 13 heteroatoms. The smallest absolute Gasteiger partial charge is 0.351 e. The van der Waals surface area contributed by atoms with Crippen LogP contribution >= 0.6 is 0 Å². The molecule has 13 nitrogen and oxygen atoms in total. The van der Waals surface area contributed by atoms with Gasteiger partial charge in [-0.2, -0.15) is 4.98 Å². The second-order valence-electron chi connectivity index (χ2n) is 8.17. The Kier molecular flexibility index (Phi) is 7.66. The Morgan fingerprint density at radius 1 is 1.03 bits per heavy atom. The van der Waals surface area contributed by atoms with E-state index in [1.807, 2.05) is 0 Å². The summed E-state index contributed by atoms with van der Waals surface area (Å²) in [6.45, 7) is 6.25. The number of hydrogen-bond donors (Lipinski definition) is 1. The second-order valence-corrected chi connectivity index (χ2v) is 8.17. The molecule has 1 N–H and O–H groups in total. The number of aromatic nitrogens is 2. The molecule has 0 radical (unpaired) electrons. The highest BCUT2D eigenvalue weighted by molar-refractivity contribution is 5.92. The average molecular weight is 479 g/mol. The zero-order valence-corrected chi connectivity index (χ0v) is 19.0. The highest BCUT2D eigenvalue weighted by Crippen LogP contribution is 2.34. The molecule has 0 saturated carbocycles. The van der Waals surface area contributed by atoms with Crippen molar-refractivity contribution in [3.05, 3.63) is 34.9 Å². The number of esters is 3. The number of carbonyl (C=O) groups is 4. The summed E-state index contributed by atoms with van der Waals surface area (Å²) in [7, 11) is 0. The molecule has 3 heterocycles. The van der Waals surface area contributed by atoms with Gasteiger partial charge in [-0.1, -0.05) is 27.7 Å². The largest absolute Gasteiger partial charge is 0.463 e. The maximum absolute atomic E-state index is 12.7. The van der Waals surface area contributed by atoms with Gasteiger partial charge in [-0.3, -0.25) is 9.36 Å². The maximum Gasteiger partial charge on any atom is 0.351 e. The number of fused-ring (bicyclic) bond motifs is 1. The summed E-state index contributed by atoms with van der Waals surface area (Å²) >= 11 is 0. The van der Waals surface area contributed by atoms with Gasteiger partial charge in [0.2, 0.25) is 0 Å². The minimum atomic E-state index is -1.25. The molecule has 1 aromatic rings. The zero-order chi connectivity index (χ0) is 25.0. The Labute approximate surface area is 193 Å². The van der Waals surface area contributed by atoms with E-state index in [4.69, 9.17) is 23.8 Å². The summed E-state index contributed by atoms with van der Waals surface area (Å²) < 4.78 is 22.8. The van der Waals surface area contributed by atoms with Crippen molar-refractivity contribution < 1.29 is 43.0 Å². The first kappa shape index (κ1) is 24.9. The van der Waals surface area contributed by atoms with Crippen LogP contribution in [0.15, 0.2) is 29.2 Å². The van der Waals surface area contributed by atoms with Crippen LogP contribution in [0.3, 0.4) is 0 Å². The average Bonchev–Trinajstić information content (AvgIpc) is 3.09. The normalized spacial score (nSPS) is 25.0. The van der Waals surface area contributed by atoms with Gasteiger partial charge in [0.05, 0.1) is 11.8 Å². The van der Waals surface area contributed by atoms with Crippen molar-refractivity contribution in [2.45, 2.75) is 52.2 Å². The number of carbonyl (C=O) groups excluding carboxylic acids is 4. The lowest BCUT2D eigenvalue weighted by atomic mass is 10.1. The molecule has 1 fully saturated rings. The standard InChI is InChI=1S/C21H25N3O10/c1-10(2)19(27)30-9-12-16-17(33-15(26)6-5-14(25)32-16)18(31-12)24-8-7-13(22-21(24)29)23-34-20(28)11(3)4/h5-8,10-12,16-18H,9H2,1-4H3,(H,22,23,29)/b6-5-/t12-,16?,17-,18-/m1/s1. The van der Waals surface area contributed by atoms with E-state index in [2.05, 4.69) is 10.5 Å². The fourth-order valence-electron chi connectivity index (χ4n) is 3.03. The molecule has 1 aromatic heterocycles. The first-order chi connectivity index (χ1) is 16.1. The third-order valence-corrected chi connectivity index (χ3v) is 4.84. The Bertz CT molecular complexity index is 1050. The van der Waals surface area contributed by atoms with E-state index in [-0.39, 0.29) is 12.4 Å². The summed E-state index contributed by atoms with van der Waals surface area (Å²) in [5.74, 6) is -3.59.